The number of hydrogen-bond acceptors (Lipinski definition) is 4. The van der Waals surface area contributed by atoms with Gasteiger partial charge in [0, 0.05) is 37.1 Å². The summed E-state index contributed by atoms with van der Waals surface area (Å²) in [6.07, 6.45) is 1.40. The average Bonchev–Trinajstić information content (AvgIpc) is 2.50. The van der Waals surface area contributed by atoms with E-state index < -0.39 is 0 Å². The third kappa shape index (κ3) is 6.07. The lowest BCUT2D eigenvalue weighted by Gasteiger charge is -2.22. The van der Waals surface area contributed by atoms with E-state index in [4.69, 9.17) is 4.74 Å². The Morgan fingerprint density at radius 2 is 2.32 bits per heavy atom. The fourth-order valence-corrected chi connectivity index (χ4v) is 3.36. The molecule has 1 heterocycles. The van der Waals surface area contributed by atoms with Gasteiger partial charge in [0.1, 0.15) is 5.75 Å². The highest BCUT2D eigenvalue weighted by Gasteiger charge is 2.16. The fourth-order valence-electron chi connectivity index (χ4n) is 2.41. The van der Waals surface area contributed by atoms with Crippen molar-refractivity contribution in [2.45, 2.75) is 25.8 Å². The van der Waals surface area contributed by atoms with Gasteiger partial charge >= 0.3 is 0 Å². The van der Waals surface area contributed by atoms with Crippen LogP contribution in [0.15, 0.2) is 18.2 Å². The maximum absolute atomic E-state index is 11.9. The Balaban J connectivity index is 0.00000242. The van der Waals surface area contributed by atoms with E-state index >= 15 is 0 Å². The standard InChI is InChI=1S/C16H24N2O2S.ClH/c1-12-3-4-13(9-15(12)20-2)5-6-18-16(19)10-14-11-21-8-7-17-14;/h3-4,9,14,17H,5-8,10-11H2,1-2H3,(H,18,19);1H. The van der Waals surface area contributed by atoms with Crippen molar-refractivity contribution in [2.75, 3.05) is 31.7 Å². The predicted molar refractivity (Wildman–Crippen MR) is 95.4 cm³/mol. The second kappa shape index (κ2) is 9.98. The van der Waals surface area contributed by atoms with Gasteiger partial charge in [-0.3, -0.25) is 4.79 Å². The van der Waals surface area contributed by atoms with E-state index in [0.717, 1.165) is 35.8 Å². The van der Waals surface area contributed by atoms with Crippen molar-refractivity contribution >= 4 is 30.1 Å². The predicted octanol–water partition coefficient (Wildman–Crippen LogP) is 2.18. The van der Waals surface area contributed by atoms with Crippen LogP contribution < -0.4 is 15.4 Å². The minimum atomic E-state index is 0. The van der Waals surface area contributed by atoms with Crippen molar-refractivity contribution in [2.24, 2.45) is 0 Å². The summed E-state index contributed by atoms with van der Waals surface area (Å²) in [7, 11) is 1.68. The molecule has 1 atom stereocenters. The molecule has 6 heteroatoms. The van der Waals surface area contributed by atoms with Crippen LogP contribution in [0.25, 0.3) is 0 Å². The summed E-state index contributed by atoms with van der Waals surface area (Å²) in [5, 5.41) is 6.38. The Morgan fingerprint density at radius 3 is 3.00 bits per heavy atom. The maximum Gasteiger partial charge on any atom is 0.221 e. The number of amides is 1. The first-order valence-corrected chi connectivity index (χ1v) is 8.56. The molecular weight excluding hydrogens is 320 g/mol. The van der Waals surface area contributed by atoms with Crippen LogP contribution in [0.3, 0.4) is 0 Å². The second-order valence-electron chi connectivity index (χ2n) is 5.33. The van der Waals surface area contributed by atoms with Crippen molar-refractivity contribution in [1.82, 2.24) is 10.6 Å². The van der Waals surface area contributed by atoms with Gasteiger partial charge in [0.15, 0.2) is 0 Å². The first kappa shape index (κ1) is 19.1. The SMILES string of the molecule is COc1cc(CCNC(=O)CC2CSCCN2)ccc1C.Cl. The van der Waals surface area contributed by atoms with Crippen molar-refractivity contribution < 1.29 is 9.53 Å². The number of methoxy groups -OCH3 is 1. The largest absolute Gasteiger partial charge is 0.496 e. The second-order valence-corrected chi connectivity index (χ2v) is 6.48. The first-order chi connectivity index (χ1) is 10.2. The van der Waals surface area contributed by atoms with Crippen LogP contribution in [0.5, 0.6) is 5.75 Å². The van der Waals surface area contributed by atoms with Crippen molar-refractivity contribution in [3.05, 3.63) is 29.3 Å². The zero-order valence-corrected chi connectivity index (χ0v) is 14.8. The molecule has 1 unspecified atom stereocenters. The molecule has 124 valence electrons. The van der Waals surface area contributed by atoms with E-state index in [1.54, 1.807) is 7.11 Å². The number of ether oxygens (including phenoxy) is 1. The van der Waals surface area contributed by atoms with Gasteiger partial charge in [-0.2, -0.15) is 11.8 Å². The molecule has 2 N–H and O–H groups in total. The summed E-state index contributed by atoms with van der Waals surface area (Å²) in [4.78, 5) is 11.9. The van der Waals surface area contributed by atoms with Crippen LogP contribution in [-0.4, -0.2) is 43.7 Å². The molecule has 1 aliphatic rings. The summed E-state index contributed by atoms with van der Waals surface area (Å²) >= 11 is 1.91. The van der Waals surface area contributed by atoms with E-state index in [-0.39, 0.29) is 18.3 Å². The zero-order chi connectivity index (χ0) is 15.1. The quantitative estimate of drug-likeness (QED) is 0.830. The summed E-state index contributed by atoms with van der Waals surface area (Å²) < 4.78 is 5.32. The minimum absolute atomic E-state index is 0. The smallest absolute Gasteiger partial charge is 0.221 e. The van der Waals surface area contributed by atoms with Crippen molar-refractivity contribution in [3.8, 4) is 5.75 Å². The van der Waals surface area contributed by atoms with Crippen LogP contribution in [0, 0.1) is 6.92 Å². The van der Waals surface area contributed by atoms with Crippen LogP contribution in [0.1, 0.15) is 17.5 Å². The third-order valence-corrected chi connectivity index (χ3v) is 4.77. The molecule has 1 fully saturated rings. The van der Waals surface area contributed by atoms with Crippen molar-refractivity contribution in [1.29, 1.82) is 0 Å². The molecule has 0 bridgehead atoms. The lowest BCUT2D eigenvalue weighted by atomic mass is 10.1. The van der Waals surface area contributed by atoms with E-state index in [9.17, 15) is 4.79 Å². The van der Waals surface area contributed by atoms with Gasteiger partial charge in [0.25, 0.3) is 0 Å². The Morgan fingerprint density at radius 1 is 1.50 bits per heavy atom. The van der Waals surface area contributed by atoms with Crippen LogP contribution >= 0.6 is 24.2 Å². The Kier molecular flexibility index (Phi) is 8.68. The number of carbonyl (C=O) groups is 1. The number of halogens is 1. The average molecular weight is 345 g/mol. The molecule has 2 rings (SSSR count). The highest BCUT2D eigenvalue weighted by molar-refractivity contribution is 7.99. The fraction of sp³-hybridized carbons (Fsp3) is 0.562. The summed E-state index contributed by atoms with van der Waals surface area (Å²) in [5.41, 5.74) is 2.32. The van der Waals surface area contributed by atoms with Gasteiger partial charge < -0.3 is 15.4 Å². The van der Waals surface area contributed by atoms with Gasteiger partial charge in [0.2, 0.25) is 5.91 Å². The Hall–Kier alpha value is -0.910. The van der Waals surface area contributed by atoms with Gasteiger partial charge in [-0.25, -0.2) is 0 Å². The Labute approximate surface area is 143 Å². The molecule has 4 nitrogen and oxygen atoms in total. The van der Waals surface area contributed by atoms with Crippen LogP contribution in [-0.2, 0) is 11.2 Å². The lowest BCUT2D eigenvalue weighted by molar-refractivity contribution is -0.121. The molecular formula is C16H25ClN2O2S. The molecule has 0 aliphatic carbocycles. The summed E-state index contributed by atoms with van der Waals surface area (Å²) in [6.45, 7) is 3.70. The summed E-state index contributed by atoms with van der Waals surface area (Å²) in [6, 6.07) is 6.51. The maximum atomic E-state index is 11.9. The molecule has 0 saturated carbocycles. The summed E-state index contributed by atoms with van der Waals surface area (Å²) in [5.74, 6) is 3.21. The van der Waals surface area contributed by atoms with Crippen molar-refractivity contribution in [3.63, 3.8) is 0 Å². The van der Waals surface area contributed by atoms with E-state index in [1.807, 2.05) is 24.8 Å². The third-order valence-electron chi connectivity index (χ3n) is 3.64. The van der Waals surface area contributed by atoms with Crippen LogP contribution in [0.4, 0.5) is 0 Å². The molecule has 0 spiro atoms. The van der Waals surface area contributed by atoms with Gasteiger partial charge in [-0.15, -0.1) is 12.4 Å². The molecule has 1 aromatic carbocycles. The number of aryl methyl sites for hydroxylation is 1. The lowest BCUT2D eigenvalue weighted by Crippen LogP contribution is -2.41. The minimum Gasteiger partial charge on any atom is -0.496 e. The first-order valence-electron chi connectivity index (χ1n) is 7.40. The van der Waals surface area contributed by atoms with E-state index in [1.165, 1.54) is 5.56 Å². The normalized spacial score (nSPS) is 17.5. The molecule has 1 aliphatic heterocycles. The molecule has 0 aromatic heterocycles. The number of thioether (sulfide) groups is 1. The van der Waals surface area contributed by atoms with Gasteiger partial charge in [0.05, 0.1) is 7.11 Å². The number of nitrogens with one attached hydrogen (secondary N) is 2. The van der Waals surface area contributed by atoms with E-state index in [2.05, 4.69) is 22.8 Å². The van der Waals surface area contributed by atoms with Crippen LogP contribution in [0.2, 0.25) is 0 Å². The highest BCUT2D eigenvalue weighted by Crippen LogP contribution is 2.19. The molecule has 1 aromatic rings. The van der Waals surface area contributed by atoms with E-state index in [0.29, 0.717) is 19.0 Å². The number of benzene rings is 1. The topological polar surface area (TPSA) is 50.4 Å². The molecule has 0 radical (unpaired) electrons. The Bertz CT molecular complexity index is 479. The number of hydrogen-bond donors (Lipinski definition) is 2. The van der Waals surface area contributed by atoms with Gasteiger partial charge in [-0.1, -0.05) is 12.1 Å². The molecule has 1 saturated heterocycles. The number of rotatable bonds is 6. The number of carbonyl (C=O) groups excluding carboxylic acids is 1. The monoisotopic (exact) mass is 344 g/mol. The molecule has 22 heavy (non-hydrogen) atoms. The zero-order valence-electron chi connectivity index (χ0n) is 13.2. The highest BCUT2D eigenvalue weighted by atomic mass is 35.5. The molecule has 1 amide bonds. The van der Waals surface area contributed by atoms with Gasteiger partial charge in [-0.05, 0) is 30.5 Å².